The van der Waals surface area contributed by atoms with Crippen molar-refractivity contribution in [1.82, 2.24) is 16.0 Å². The van der Waals surface area contributed by atoms with E-state index in [-0.39, 0.29) is 35.5 Å². The Morgan fingerprint density at radius 2 is 1.88 bits per heavy atom. The summed E-state index contributed by atoms with van der Waals surface area (Å²) in [6, 6.07) is -1.36. The van der Waals surface area contributed by atoms with Gasteiger partial charge in [0.1, 0.15) is 12.3 Å². The first-order valence-electron chi connectivity index (χ1n) is 9.23. The number of carbonyl (C=O) groups excluding carboxylic acids is 4. The van der Waals surface area contributed by atoms with Crippen molar-refractivity contribution in [3.63, 3.8) is 0 Å². The van der Waals surface area contributed by atoms with E-state index in [1.165, 1.54) is 0 Å². The first-order valence-corrected chi connectivity index (χ1v) is 9.23. The van der Waals surface area contributed by atoms with Crippen molar-refractivity contribution in [2.75, 3.05) is 6.54 Å². The summed E-state index contributed by atoms with van der Waals surface area (Å²) in [4.78, 5) is 48.2. The number of fused-ring (bicyclic) bond motifs is 1. The van der Waals surface area contributed by atoms with Crippen LogP contribution >= 0.6 is 0 Å². The zero-order valence-electron chi connectivity index (χ0n) is 15.0. The van der Waals surface area contributed by atoms with Crippen LogP contribution in [0.1, 0.15) is 52.4 Å². The average molecular weight is 351 g/mol. The minimum absolute atomic E-state index is 0.0473. The van der Waals surface area contributed by atoms with Crippen LogP contribution in [-0.2, 0) is 19.2 Å². The van der Waals surface area contributed by atoms with E-state index in [0.29, 0.717) is 32.1 Å². The predicted octanol–water partition coefficient (Wildman–Crippen LogP) is 0.527. The van der Waals surface area contributed by atoms with Gasteiger partial charge in [0.25, 0.3) is 0 Å². The summed E-state index contributed by atoms with van der Waals surface area (Å²) >= 11 is 0. The van der Waals surface area contributed by atoms with Gasteiger partial charge in [0.05, 0.1) is 6.04 Å². The van der Waals surface area contributed by atoms with Gasteiger partial charge in [-0.25, -0.2) is 0 Å². The lowest BCUT2D eigenvalue weighted by atomic mass is 9.86. The van der Waals surface area contributed by atoms with Gasteiger partial charge in [-0.2, -0.15) is 0 Å². The molecule has 4 atom stereocenters. The molecule has 7 nitrogen and oxygen atoms in total. The Morgan fingerprint density at radius 1 is 1.12 bits per heavy atom. The Labute approximate surface area is 148 Å². The van der Waals surface area contributed by atoms with Gasteiger partial charge in [-0.15, -0.1) is 0 Å². The third kappa shape index (κ3) is 5.54. The molecule has 2 rings (SSSR count). The van der Waals surface area contributed by atoms with Crippen LogP contribution in [-0.4, -0.2) is 42.6 Å². The normalized spacial score (nSPS) is 31.7. The molecule has 0 aromatic heterocycles. The Morgan fingerprint density at radius 3 is 2.56 bits per heavy atom. The van der Waals surface area contributed by atoms with E-state index >= 15 is 0 Å². The van der Waals surface area contributed by atoms with Crippen molar-refractivity contribution in [1.29, 1.82) is 0 Å². The van der Waals surface area contributed by atoms with Gasteiger partial charge in [0, 0.05) is 18.9 Å². The molecule has 25 heavy (non-hydrogen) atoms. The van der Waals surface area contributed by atoms with E-state index in [2.05, 4.69) is 16.0 Å². The third-order valence-corrected chi connectivity index (χ3v) is 5.03. The monoisotopic (exact) mass is 351 g/mol. The average Bonchev–Trinajstić information content (AvgIpc) is 2.89. The number of nitrogens with one attached hydrogen (secondary N) is 3. The Bertz CT molecular complexity index is 520. The molecule has 140 valence electrons. The lowest BCUT2D eigenvalue weighted by molar-refractivity contribution is -0.131. The Hall–Kier alpha value is -1.92. The first kappa shape index (κ1) is 19.4. The molecule has 2 saturated heterocycles. The van der Waals surface area contributed by atoms with Gasteiger partial charge in [0.15, 0.2) is 0 Å². The van der Waals surface area contributed by atoms with E-state index in [1.54, 1.807) is 0 Å². The minimum Gasteiger partial charge on any atom is -0.356 e. The van der Waals surface area contributed by atoms with Crippen LogP contribution in [0.4, 0.5) is 0 Å². The smallest absolute Gasteiger partial charge is 0.243 e. The first-order chi connectivity index (χ1) is 11.9. The maximum Gasteiger partial charge on any atom is 0.243 e. The third-order valence-electron chi connectivity index (χ3n) is 5.03. The molecule has 0 spiro atoms. The summed E-state index contributed by atoms with van der Waals surface area (Å²) in [5.41, 5.74) is 0. The fourth-order valence-corrected chi connectivity index (χ4v) is 3.69. The number of aldehydes is 1. The number of amides is 3. The largest absolute Gasteiger partial charge is 0.356 e. The molecule has 7 heteroatoms. The Kier molecular flexibility index (Phi) is 6.96. The summed E-state index contributed by atoms with van der Waals surface area (Å²) in [6.07, 6.45) is 4.31. The van der Waals surface area contributed by atoms with Crippen LogP contribution in [0.5, 0.6) is 0 Å². The second-order valence-electron chi connectivity index (χ2n) is 7.59. The topological polar surface area (TPSA) is 104 Å². The number of hydrogen-bond acceptors (Lipinski definition) is 4. The maximum atomic E-state index is 12.6. The van der Waals surface area contributed by atoms with Crippen LogP contribution in [0.2, 0.25) is 0 Å². The molecule has 2 fully saturated rings. The summed E-state index contributed by atoms with van der Waals surface area (Å²) < 4.78 is 0. The minimum atomic E-state index is -0.712. The van der Waals surface area contributed by atoms with E-state index in [1.807, 2.05) is 13.8 Å². The van der Waals surface area contributed by atoms with Gasteiger partial charge in [-0.3, -0.25) is 14.4 Å². The van der Waals surface area contributed by atoms with Crippen molar-refractivity contribution >= 4 is 24.0 Å². The van der Waals surface area contributed by atoms with Crippen LogP contribution in [0.3, 0.4) is 0 Å². The zero-order valence-corrected chi connectivity index (χ0v) is 15.0. The molecule has 2 heterocycles. The molecule has 2 aliphatic rings. The SMILES string of the molecule is CC(C)C[C@@H]1NC(=O)CCCC[C@H]2CNC(=O)[C@@H]2C[C@@H](C=O)NC1=O. The van der Waals surface area contributed by atoms with Gasteiger partial charge in [-0.05, 0) is 37.5 Å². The molecule has 0 unspecified atom stereocenters. The molecular formula is C18H29N3O4. The van der Waals surface area contributed by atoms with Crippen molar-refractivity contribution in [3.05, 3.63) is 0 Å². The van der Waals surface area contributed by atoms with E-state index in [9.17, 15) is 19.2 Å². The highest BCUT2D eigenvalue weighted by Gasteiger charge is 2.36. The standard InChI is InChI=1S/C18H29N3O4/c1-11(2)7-15-18(25)20-13(10-22)8-14-12(9-19-17(14)24)5-3-4-6-16(23)21-15/h10-15H,3-9H2,1-2H3,(H,19,24)(H,20,25)(H,21,23)/t12-,13-,14+,15-/m0/s1. The van der Waals surface area contributed by atoms with Crippen molar-refractivity contribution in [3.8, 4) is 0 Å². The highest BCUT2D eigenvalue weighted by atomic mass is 16.2. The highest BCUT2D eigenvalue weighted by Crippen LogP contribution is 2.27. The molecule has 0 aromatic carbocycles. The summed E-state index contributed by atoms with van der Waals surface area (Å²) in [5, 5.41) is 8.36. The second-order valence-corrected chi connectivity index (χ2v) is 7.59. The summed E-state index contributed by atoms with van der Waals surface area (Å²) in [6.45, 7) is 4.56. The fraction of sp³-hybridized carbons (Fsp3) is 0.778. The quantitative estimate of drug-likeness (QED) is 0.645. The summed E-state index contributed by atoms with van der Waals surface area (Å²) in [7, 11) is 0. The second kappa shape index (κ2) is 8.97. The molecular weight excluding hydrogens is 322 g/mol. The van der Waals surface area contributed by atoms with Gasteiger partial charge in [-0.1, -0.05) is 20.3 Å². The van der Waals surface area contributed by atoms with Crippen molar-refractivity contribution < 1.29 is 19.2 Å². The van der Waals surface area contributed by atoms with Gasteiger partial charge >= 0.3 is 0 Å². The molecule has 0 aliphatic carbocycles. The number of carbonyl (C=O) groups is 4. The zero-order chi connectivity index (χ0) is 18.4. The highest BCUT2D eigenvalue weighted by molar-refractivity contribution is 5.89. The lowest BCUT2D eigenvalue weighted by Crippen LogP contribution is -2.51. The van der Waals surface area contributed by atoms with E-state index in [0.717, 1.165) is 19.3 Å². The van der Waals surface area contributed by atoms with Crippen LogP contribution < -0.4 is 16.0 Å². The summed E-state index contributed by atoms with van der Waals surface area (Å²) in [5.74, 6) is -0.417. The van der Waals surface area contributed by atoms with Crippen molar-refractivity contribution in [2.24, 2.45) is 17.8 Å². The maximum absolute atomic E-state index is 12.6. The Balaban J connectivity index is 2.16. The van der Waals surface area contributed by atoms with E-state index < -0.39 is 12.1 Å². The molecule has 0 radical (unpaired) electrons. The number of rotatable bonds is 3. The predicted molar refractivity (Wildman–Crippen MR) is 92.5 cm³/mol. The van der Waals surface area contributed by atoms with Gasteiger partial charge < -0.3 is 20.7 Å². The van der Waals surface area contributed by atoms with Crippen LogP contribution in [0.25, 0.3) is 0 Å². The molecule has 3 amide bonds. The molecule has 0 bridgehead atoms. The molecule has 0 aromatic rings. The van der Waals surface area contributed by atoms with Crippen molar-refractivity contribution in [2.45, 2.75) is 64.5 Å². The molecule has 0 saturated carbocycles. The van der Waals surface area contributed by atoms with Crippen LogP contribution in [0, 0.1) is 17.8 Å². The lowest BCUT2D eigenvalue weighted by Gasteiger charge is -2.23. The molecule has 2 aliphatic heterocycles. The van der Waals surface area contributed by atoms with E-state index in [4.69, 9.17) is 0 Å². The van der Waals surface area contributed by atoms with Gasteiger partial charge in [0.2, 0.25) is 17.7 Å². The van der Waals surface area contributed by atoms with Crippen LogP contribution in [0.15, 0.2) is 0 Å². The number of hydrogen-bond donors (Lipinski definition) is 3. The molecule has 3 N–H and O–H groups in total. The fourth-order valence-electron chi connectivity index (χ4n) is 3.69.